The molecule has 3 aromatic rings. The third kappa shape index (κ3) is 3.20. The molecule has 0 bridgehead atoms. The maximum absolute atomic E-state index is 5.24. The van der Waals surface area contributed by atoms with Crippen LogP contribution in [-0.4, -0.2) is 12.1 Å². The Morgan fingerprint density at radius 1 is 1.00 bits per heavy atom. The number of hydrogen-bond donors (Lipinski definition) is 1. The molecule has 1 heterocycles. The molecule has 0 aliphatic rings. The van der Waals surface area contributed by atoms with Crippen molar-refractivity contribution >= 4 is 10.9 Å². The summed E-state index contributed by atoms with van der Waals surface area (Å²) in [6.45, 7) is 1.60. The predicted molar refractivity (Wildman–Crippen MR) is 85.3 cm³/mol. The summed E-state index contributed by atoms with van der Waals surface area (Å²) in [5.41, 5.74) is 3.50. The first-order valence-electron chi connectivity index (χ1n) is 7.03. The molecule has 21 heavy (non-hydrogen) atoms. The Labute approximate surface area is 124 Å². The topological polar surface area (TPSA) is 34.1 Å². The highest BCUT2D eigenvalue weighted by atomic mass is 16.5. The number of fused-ring (bicyclic) bond motifs is 1. The first-order chi connectivity index (χ1) is 10.4. The summed E-state index contributed by atoms with van der Waals surface area (Å²) in [5.74, 6) is 0.890. The van der Waals surface area contributed by atoms with Gasteiger partial charge in [-0.3, -0.25) is 4.98 Å². The number of aromatic nitrogens is 1. The average Bonchev–Trinajstić information content (AvgIpc) is 2.55. The van der Waals surface area contributed by atoms with Crippen molar-refractivity contribution < 1.29 is 4.74 Å². The zero-order chi connectivity index (χ0) is 14.5. The lowest BCUT2D eigenvalue weighted by molar-refractivity contribution is 0.414. The molecule has 1 aromatic heterocycles. The highest BCUT2D eigenvalue weighted by molar-refractivity contribution is 5.81. The maximum Gasteiger partial charge on any atom is 0.119 e. The number of hydrogen-bond acceptors (Lipinski definition) is 3. The van der Waals surface area contributed by atoms with Gasteiger partial charge in [0.25, 0.3) is 0 Å². The van der Waals surface area contributed by atoms with E-state index in [1.54, 1.807) is 7.11 Å². The number of para-hydroxylation sites is 1. The molecule has 0 aliphatic heterocycles. The molecular formula is C18H18N2O. The molecule has 0 unspecified atom stereocenters. The van der Waals surface area contributed by atoms with E-state index in [0.29, 0.717) is 0 Å². The van der Waals surface area contributed by atoms with Gasteiger partial charge in [-0.15, -0.1) is 0 Å². The Kier molecular flexibility index (Phi) is 4.12. The fraction of sp³-hybridized carbons (Fsp3) is 0.167. The quantitative estimate of drug-likeness (QED) is 0.775. The fourth-order valence-electron chi connectivity index (χ4n) is 2.43. The molecule has 0 saturated heterocycles. The van der Waals surface area contributed by atoms with Gasteiger partial charge < -0.3 is 10.1 Å². The van der Waals surface area contributed by atoms with Crippen molar-refractivity contribution in [3.8, 4) is 5.75 Å². The summed E-state index contributed by atoms with van der Waals surface area (Å²) in [5, 5.41) is 4.64. The number of benzene rings is 2. The van der Waals surface area contributed by atoms with E-state index in [0.717, 1.165) is 24.4 Å². The van der Waals surface area contributed by atoms with E-state index < -0.39 is 0 Å². The second-order valence-corrected chi connectivity index (χ2v) is 4.95. The molecule has 0 radical (unpaired) electrons. The van der Waals surface area contributed by atoms with Crippen molar-refractivity contribution in [1.82, 2.24) is 10.3 Å². The predicted octanol–water partition coefficient (Wildman–Crippen LogP) is 3.53. The number of pyridine rings is 1. The molecule has 0 aliphatic carbocycles. The Morgan fingerprint density at radius 3 is 2.76 bits per heavy atom. The van der Waals surface area contributed by atoms with E-state index in [4.69, 9.17) is 4.74 Å². The summed E-state index contributed by atoms with van der Waals surface area (Å²) < 4.78 is 5.24. The minimum Gasteiger partial charge on any atom is -0.497 e. The van der Waals surface area contributed by atoms with Gasteiger partial charge >= 0.3 is 0 Å². The lowest BCUT2D eigenvalue weighted by Crippen LogP contribution is -2.13. The van der Waals surface area contributed by atoms with Crippen LogP contribution in [0.25, 0.3) is 10.9 Å². The molecule has 0 saturated carbocycles. The molecule has 106 valence electrons. The third-order valence-electron chi connectivity index (χ3n) is 3.50. The molecule has 0 atom stereocenters. The summed E-state index contributed by atoms with van der Waals surface area (Å²) >= 11 is 0. The molecule has 3 heteroatoms. The van der Waals surface area contributed by atoms with Gasteiger partial charge in [0.15, 0.2) is 0 Å². The largest absolute Gasteiger partial charge is 0.497 e. The van der Waals surface area contributed by atoms with Crippen LogP contribution in [0.15, 0.2) is 60.8 Å². The number of ether oxygens (including phenoxy) is 1. The average molecular weight is 278 g/mol. The van der Waals surface area contributed by atoms with Crippen LogP contribution in [0.4, 0.5) is 0 Å². The Balaban J connectivity index is 1.69. The zero-order valence-electron chi connectivity index (χ0n) is 12.0. The first-order valence-corrected chi connectivity index (χ1v) is 7.03. The van der Waals surface area contributed by atoms with Gasteiger partial charge in [0, 0.05) is 24.7 Å². The summed E-state index contributed by atoms with van der Waals surface area (Å²) in [6.07, 6.45) is 1.84. The molecule has 1 N–H and O–H groups in total. The van der Waals surface area contributed by atoms with E-state index in [9.17, 15) is 0 Å². The van der Waals surface area contributed by atoms with Gasteiger partial charge in [-0.05, 0) is 29.3 Å². The van der Waals surface area contributed by atoms with Crippen LogP contribution in [0.2, 0.25) is 0 Å². The van der Waals surface area contributed by atoms with Crippen molar-refractivity contribution in [2.45, 2.75) is 13.1 Å². The second-order valence-electron chi connectivity index (χ2n) is 4.95. The Bertz CT molecular complexity index is 735. The van der Waals surface area contributed by atoms with Crippen LogP contribution in [0, 0.1) is 0 Å². The zero-order valence-corrected chi connectivity index (χ0v) is 12.0. The monoisotopic (exact) mass is 278 g/mol. The van der Waals surface area contributed by atoms with Crippen LogP contribution in [-0.2, 0) is 13.1 Å². The molecule has 0 amide bonds. The summed E-state index contributed by atoms with van der Waals surface area (Å²) in [6, 6.07) is 18.5. The third-order valence-corrected chi connectivity index (χ3v) is 3.50. The van der Waals surface area contributed by atoms with Crippen LogP contribution in [0.1, 0.15) is 11.1 Å². The number of methoxy groups -OCH3 is 1. The summed E-state index contributed by atoms with van der Waals surface area (Å²) in [4.78, 5) is 4.47. The van der Waals surface area contributed by atoms with E-state index in [1.807, 2.05) is 30.5 Å². The Hall–Kier alpha value is -2.39. The molecule has 2 aromatic carbocycles. The second kappa shape index (κ2) is 6.37. The smallest absolute Gasteiger partial charge is 0.119 e. The van der Waals surface area contributed by atoms with E-state index in [2.05, 4.69) is 40.6 Å². The number of nitrogens with zero attached hydrogens (tertiary/aromatic N) is 1. The van der Waals surface area contributed by atoms with Crippen molar-refractivity contribution in [2.24, 2.45) is 0 Å². The molecule has 0 fully saturated rings. The van der Waals surface area contributed by atoms with Crippen molar-refractivity contribution in [2.75, 3.05) is 7.11 Å². The molecular weight excluding hydrogens is 260 g/mol. The summed E-state index contributed by atoms with van der Waals surface area (Å²) in [7, 11) is 1.69. The Morgan fingerprint density at radius 2 is 1.86 bits per heavy atom. The van der Waals surface area contributed by atoms with Crippen molar-refractivity contribution in [3.63, 3.8) is 0 Å². The van der Waals surface area contributed by atoms with Crippen LogP contribution >= 0.6 is 0 Å². The van der Waals surface area contributed by atoms with Crippen LogP contribution in [0.3, 0.4) is 0 Å². The lowest BCUT2D eigenvalue weighted by Gasteiger charge is -2.08. The van der Waals surface area contributed by atoms with Gasteiger partial charge in [0.1, 0.15) is 5.75 Å². The SMILES string of the molecule is COc1cccc(CNCc2cccc3cccnc23)c1. The highest BCUT2D eigenvalue weighted by Gasteiger charge is 2.01. The van der Waals surface area contributed by atoms with Gasteiger partial charge in [0.2, 0.25) is 0 Å². The van der Waals surface area contributed by atoms with Gasteiger partial charge in [-0.2, -0.15) is 0 Å². The minimum absolute atomic E-state index is 0.797. The number of nitrogens with one attached hydrogen (secondary N) is 1. The van der Waals surface area contributed by atoms with Crippen LogP contribution < -0.4 is 10.1 Å². The minimum atomic E-state index is 0.797. The van der Waals surface area contributed by atoms with E-state index in [-0.39, 0.29) is 0 Å². The van der Waals surface area contributed by atoms with Gasteiger partial charge in [-0.1, -0.05) is 36.4 Å². The van der Waals surface area contributed by atoms with Gasteiger partial charge in [-0.25, -0.2) is 0 Å². The molecule has 3 rings (SSSR count). The first kappa shape index (κ1) is 13.6. The standard InChI is InChI=1S/C18H18N2O/c1-21-17-9-2-5-14(11-17)12-19-13-16-7-3-6-15-8-4-10-20-18(15)16/h2-11,19H,12-13H2,1H3. The van der Waals surface area contributed by atoms with Gasteiger partial charge in [0.05, 0.1) is 12.6 Å². The lowest BCUT2D eigenvalue weighted by atomic mass is 10.1. The molecule has 0 spiro atoms. The number of rotatable bonds is 5. The van der Waals surface area contributed by atoms with E-state index >= 15 is 0 Å². The highest BCUT2D eigenvalue weighted by Crippen LogP contribution is 2.16. The molecule has 3 nitrogen and oxygen atoms in total. The van der Waals surface area contributed by atoms with Crippen LogP contribution in [0.5, 0.6) is 5.75 Å². The van der Waals surface area contributed by atoms with E-state index in [1.165, 1.54) is 16.5 Å². The maximum atomic E-state index is 5.24. The van der Waals surface area contributed by atoms with Crippen molar-refractivity contribution in [3.05, 3.63) is 71.9 Å². The normalized spacial score (nSPS) is 10.7. The van der Waals surface area contributed by atoms with Crippen molar-refractivity contribution in [1.29, 1.82) is 0 Å². The fourth-order valence-corrected chi connectivity index (χ4v) is 2.43.